The van der Waals surface area contributed by atoms with Gasteiger partial charge in [0.1, 0.15) is 12.4 Å². The molecule has 4 nitrogen and oxygen atoms in total. The lowest BCUT2D eigenvalue weighted by atomic mass is 10.3. The van der Waals surface area contributed by atoms with Crippen molar-refractivity contribution in [2.75, 3.05) is 19.8 Å². The van der Waals surface area contributed by atoms with Crippen LogP contribution in [0, 0.1) is 0 Å². The highest BCUT2D eigenvalue weighted by atomic mass is 19.4. The molecule has 0 aliphatic carbocycles. The number of oxazole rings is 1. The number of hydrogen-bond donors (Lipinski definition) is 1. The van der Waals surface area contributed by atoms with Crippen LogP contribution in [-0.2, 0) is 17.6 Å². The molecule has 0 fully saturated rings. The number of halogens is 3. The average molecular weight is 294 g/mol. The topological polar surface area (TPSA) is 47.3 Å². The van der Waals surface area contributed by atoms with Gasteiger partial charge in [0.05, 0.1) is 12.8 Å². The van der Waals surface area contributed by atoms with Crippen molar-refractivity contribution >= 4 is 0 Å². The van der Waals surface area contributed by atoms with Crippen LogP contribution in [0.4, 0.5) is 13.2 Å². The van der Waals surface area contributed by atoms with Crippen molar-refractivity contribution < 1.29 is 22.3 Å². The second-order valence-corrected chi connectivity index (χ2v) is 4.85. The van der Waals surface area contributed by atoms with Crippen LogP contribution in [0.2, 0.25) is 0 Å². The molecule has 0 radical (unpaired) electrons. The van der Waals surface area contributed by atoms with Crippen molar-refractivity contribution in [2.24, 2.45) is 0 Å². The zero-order valence-corrected chi connectivity index (χ0v) is 11.8. The maximum atomic E-state index is 11.8. The van der Waals surface area contributed by atoms with Gasteiger partial charge in [-0.3, -0.25) is 0 Å². The minimum atomic E-state index is -4.28. The van der Waals surface area contributed by atoms with E-state index in [1.807, 2.05) is 0 Å². The minimum Gasteiger partial charge on any atom is -0.446 e. The lowest BCUT2D eigenvalue weighted by molar-refractivity contribution is -0.173. The van der Waals surface area contributed by atoms with Gasteiger partial charge in [0.15, 0.2) is 5.89 Å². The molecule has 0 saturated heterocycles. The van der Waals surface area contributed by atoms with E-state index in [4.69, 9.17) is 4.42 Å². The first-order valence-corrected chi connectivity index (χ1v) is 6.68. The van der Waals surface area contributed by atoms with Crippen LogP contribution in [0.5, 0.6) is 0 Å². The number of nitrogens with one attached hydrogen (secondary N) is 1. The van der Waals surface area contributed by atoms with Crippen molar-refractivity contribution in [2.45, 2.75) is 45.3 Å². The van der Waals surface area contributed by atoms with Gasteiger partial charge in [-0.25, -0.2) is 4.98 Å². The van der Waals surface area contributed by atoms with Gasteiger partial charge in [-0.1, -0.05) is 13.8 Å². The number of ether oxygens (including phenoxy) is 1. The molecule has 0 atom stereocenters. The highest BCUT2D eigenvalue weighted by molar-refractivity contribution is 4.94. The molecule has 0 bridgehead atoms. The van der Waals surface area contributed by atoms with Gasteiger partial charge >= 0.3 is 6.18 Å². The van der Waals surface area contributed by atoms with Crippen LogP contribution >= 0.6 is 0 Å². The molecule has 20 heavy (non-hydrogen) atoms. The van der Waals surface area contributed by atoms with Gasteiger partial charge in [-0.2, -0.15) is 13.2 Å². The molecule has 0 aromatic carbocycles. The number of rotatable bonds is 9. The van der Waals surface area contributed by atoms with Crippen LogP contribution in [0.1, 0.15) is 31.9 Å². The van der Waals surface area contributed by atoms with Gasteiger partial charge < -0.3 is 14.5 Å². The monoisotopic (exact) mass is 294 g/mol. The predicted octanol–water partition coefficient (Wildman–Crippen LogP) is 2.73. The highest BCUT2D eigenvalue weighted by Gasteiger charge is 2.27. The molecule has 0 amide bonds. The van der Waals surface area contributed by atoms with Crippen LogP contribution in [0.3, 0.4) is 0 Å². The van der Waals surface area contributed by atoms with Crippen molar-refractivity contribution in [1.29, 1.82) is 0 Å². The summed E-state index contributed by atoms with van der Waals surface area (Å²) in [5, 5.41) is 3.28. The molecule has 1 N–H and O–H groups in total. The zero-order valence-electron chi connectivity index (χ0n) is 11.8. The van der Waals surface area contributed by atoms with Crippen LogP contribution < -0.4 is 5.32 Å². The smallest absolute Gasteiger partial charge is 0.411 e. The van der Waals surface area contributed by atoms with Gasteiger partial charge in [0, 0.05) is 18.9 Å². The Morgan fingerprint density at radius 3 is 2.75 bits per heavy atom. The Balaban J connectivity index is 2.16. The Kier molecular flexibility index (Phi) is 7.01. The predicted molar refractivity (Wildman–Crippen MR) is 68.5 cm³/mol. The van der Waals surface area contributed by atoms with E-state index in [9.17, 15) is 13.2 Å². The normalized spacial score (nSPS) is 12.3. The molecule has 1 rings (SSSR count). The highest BCUT2D eigenvalue weighted by Crippen LogP contribution is 2.14. The van der Waals surface area contributed by atoms with Crippen LogP contribution in [0.15, 0.2) is 10.6 Å². The van der Waals surface area contributed by atoms with Gasteiger partial charge in [-0.15, -0.1) is 0 Å². The molecular weight excluding hydrogens is 273 g/mol. The second kappa shape index (κ2) is 8.26. The minimum absolute atomic E-state index is 0.0248. The number of alkyl halides is 3. The first-order valence-electron chi connectivity index (χ1n) is 6.68. The third-order valence-electron chi connectivity index (χ3n) is 2.48. The average Bonchev–Trinajstić information content (AvgIpc) is 2.77. The molecular formula is C13H21F3N2O2. The summed E-state index contributed by atoms with van der Waals surface area (Å²) in [4.78, 5) is 4.09. The van der Waals surface area contributed by atoms with Gasteiger partial charge in [-0.05, 0) is 13.0 Å². The molecule has 0 aliphatic heterocycles. The number of nitrogens with zero attached hydrogens (tertiary/aromatic N) is 1. The first-order chi connectivity index (χ1) is 9.37. The van der Waals surface area contributed by atoms with E-state index in [1.54, 1.807) is 6.20 Å². The maximum Gasteiger partial charge on any atom is 0.411 e. The summed E-state index contributed by atoms with van der Waals surface area (Å²) >= 11 is 0. The summed E-state index contributed by atoms with van der Waals surface area (Å²) in [5.41, 5.74) is 0. The molecule has 1 aromatic heterocycles. The second-order valence-electron chi connectivity index (χ2n) is 4.85. The van der Waals surface area contributed by atoms with Gasteiger partial charge in [0.25, 0.3) is 0 Å². The Morgan fingerprint density at radius 1 is 1.35 bits per heavy atom. The van der Waals surface area contributed by atoms with Crippen LogP contribution in [-0.4, -0.2) is 37.0 Å². The number of hydrogen-bond acceptors (Lipinski definition) is 4. The summed E-state index contributed by atoms with van der Waals surface area (Å²) < 4.78 is 45.5. The Hall–Kier alpha value is -1.08. The van der Waals surface area contributed by atoms with E-state index in [-0.39, 0.29) is 6.61 Å². The fraction of sp³-hybridized carbons (Fsp3) is 0.769. The van der Waals surface area contributed by atoms with E-state index in [2.05, 4.69) is 28.9 Å². The fourth-order valence-corrected chi connectivity index (χ4v) is 1.57. The Morgan fingerprint density at radius 2 is 2.10 bits per heavy atom. The largest absolute Gasteiger partial charge is 0.446 e. The van der Waals surface area contributed by atoms with Crippen molar-refractivity contribution in [3.63, 3.8) is 0 Å². The zero-order chi connectivity index (χ0) is 15.0. The number of aromatic nitrogens is 1. The molecule has 1 aromatic rings. The van der Waals surface area contributed by atoms with E-state index in [0.717, 1.165) is 13.0 Å². The Labute approximate surface area is 116 Å². The maximum absolute atomic E-state index is 11.8. The molecule has 116 valence electrons. The Bertz CT molecular complexity index is 378. The van der Waals surface area contributed by atoms with Crippen molar-refractivity contribution in [3.05, 3.63) is 17.8 Å². The summed E-state index contributed by atoms with van der Waals surface area (Å²) in [6.45, 7) is 3.77. The number of aryl methyl sites for hydroxylation is 1. The quantitative estimate of drug-likeness (QED) is 0.711. The molecule has 0 aliphatic rings. The fourth-order valence-electron chi connectivity index (χ4n) is 1.57. The van der Waals surface area contributed by atoms with Crippen LogP contribution in [0.25, 0.3) is 0 Å². The third kappa shape index (κ3) is 8.16. The lowest BCUT2D eigenvalue weighted by Crippen LogP contribution is -2.23. The standard InChI is InChI=1S/C13H21F3N2O2/c1-10(2)17-6-3-4-12-18-8-11(20-12)5-7-19-9-13(14,15)16/h8,10,17H,3-7,9H2,1-2H3. The van der Waals surface area contributed by atoms with E-state index in [1.165, 1.54) is 0 Å². The third-order valence-corrected chi connectivity index (χ3v) is 2.48. The van der Waals surface area contributed by atoms with E-state index < -0.39 is 12.8 Å². The van der Waals surface area contributed by atoms with E-state index in [0.29, 0.717) is 30.5 Å². The molecule has 1 heterocycles. The summed E-state index contributed by atoms with van der Waals surface area (Å²) in [6.07, 6.45) is -0.822. The first kappa shape index (κ1) is 17.0. The van der Waals surface area contributed by atoms with Crippen molar-refractivity contribution in [3.8, 4) is 0 Å². The van der Waals surface area contributed by atoms with E-state index >= 15 is 0 Å². The molecule has 0 unspecified atom stereocenters. The molecule has 7 heteroatoms. The summed E-state index contributed by atoms with van der Waals surface area (Å²) in [5.74, 6) is 1.17. The summed E-state index contributed by atoms with van der Waals surface area (Å²) in [7, 11) is 0. The molecule has 0 saturated carbocycles. The van der Waals surface area contributed by atoms with Gasteiger partial charge in [0.2, 0.25) is 0 Å². The SMILES string of the molecule is CC(C)NCCCc1ncc(CCOCC(F)(F)F)o1. The van der Waals surface area contributed by atoms with Crippen molar-refractivity contribution in [1.82, 2.24) is 10.3 Å². The lowest BCUT2D eigenvalue weighted by Gasteiger charge is -2.06. The molecule has 0 spiro atoms. The summed E-state index contributed by atoms with van der Waals surface area (Å²) in [6, 6.07) is 0.445.